The zero-order valence-corrected chi connectivity index (χ0v) is 27.5. The van der Waals surface area contributed by atoms with Gasteiger partial charge in [-0.3, -0.25) is 9.59 Å². The average Bonchev–Trinajstić information content (AvgIpc) is 3.56. The second-order valence-corrected chi connectivity index (χ2v) is 12.0. The van der Waals surface area contributed by atoms with Crippen molar-refractivity contribution in [1.82, 2.24) is 19.8 Å². The monoisotopic (exact) mass is 648 g/mol. The van der Waals surface area contributed by atoms with E-state index in [4.69, 9.17) is 36.4 Å². The number of carbonyl (C=O) groups is 3. The maximum atomic E-state index is 13.8. The summed E-state index contributed by atoms with van der Waals surface area (Å²) < 4.78 is 16.7. The van der Waals surface area contributed by atoms with Crippen molar-refractivity contribution in [1.29, 1.82) is 0 Å². The van der Waals surface area contributed by atoms with Crippen LogP contribution >= 0.6 is 12.2 Å². The number of nitrogens with one attached hydrogen (secondary N) is 1. The molecule has 2 aliphatic heterocycles. The number of para-hydroxylation sites is 1. The molecule has 2 amide bonds. The number of fused-ring (bicyclic) bond motifs is 1. The number of Topliss-reactive ketones (excluding diaryl/α,β-unsaturated/α-hetero) is 1. The molecule has 1 unspecified atom stereocenters. The molecule has 2 saturated heterocycles. The van der Waals surface area contributed by atoms with Crippen molar-refractivity contribution in [2.45, 2.75) is 39.2 Å². The third kappa shape index (κ3) is 7.47. The van der Waals surface area contributed by atoms with Crippen molar-refractivity contribution in [2.75, 3.05) is 63.8 Å². The van der Waals surface area contributed by atoms with Gasteiger partial charge in [-0.25, -0.2) is 4.98 Å². The molecule has 2 atom stereocenters. The first kappa shape index (κ1) is 32.9. The Morgan fingerprint density at radius 3 is 2.37 bits per heavy atom. The van der Waals surface area contributed by atoms with Gasteiger partial charge < -0.3 is 39.0 Å². The minimum Gasteiger partial charge on any atom is -0.493 e. The van der Waals surface area contributed by atoms with E-state index in [-0.39, 0.29) is 30.1 Å². The van der Waals surface area contributed by atoms with Crippen LogP contribution < -0.4 is 24.4 Å². The molecule has 2 aromatic carbocycles. The molecule has 3 aromatic rings. The quantitative estimate of drug-likeness (QED) is 0.306. The van der Waals surface area contributed by atoms with Gasteiger partial charge in [-0.2, -0.15) is 4.98 Å². The molecular formula is C33H40N6O6S. The number of hydrogen-bond donors (Lipinski definition) is 1. The maximum absolute atomic E-state index is 13.8. The number of nitrogens with zero attached hydrogens (tertiary/aromatic N) is 5. The van der Waals surface area contributed by atoms with Crippen LogP contribution in [-0.2, 0) is 14.4 Å². The Balaban J connectivity index is 1.35. The zero-order chi connectivity index (χ0) is 32.8. The third-order valence-corrected chi connectivity index (χ3v) is 8.94. The molecule has 244 valence electrons. The fourth-order valence-corrected chi connectivity index (χ4v) is 6.20. The van der Waals surface area contributed by atoms with Gasteiger partial charge in [0.25, 0.3) is 5.91 Å². The van der Waals surface area contributed by atoms with Crippen molar-refractivity contribution < 1.29 is 28.6 Å². The van der Waals surface area contributed by atoms with Crippen LogP contribution in [0.25, 0.3) is 10.9 Å². The van der Waals surface area contributed by atoms with E-state index < -0.39 is 6.04 Å². The van der Waals surface area contributed by atoms with Gasteiger partial charge in [0.15, 0.2) is 18.1 Å². The number of anilines is 2. The summed E-state index contributed by atoms with van der Waals surface area (Å²) in [5.41, 5.74) is 0.571. The summed E-state index contributed by atoms with van der Waals surface area (Å²) >= 11 is 5.72. The smallest absolute Gasteiger partial charge is 0.260 e. The molecule has 0 aliphatic carbocycles. The molecule has 12 nitrogen and oxygen atoms in total. The summed E-state index contributed by atoms with van der Waals surface area (Å²) in [7, 11) is 3.10. The lowest BCUT2D eigenvalue weighted by Crippen LogP contribution is -2.50. The number of methoxy groups -OCH3 is 2. The number of likely N-dealkylation sites (tertiary alicyclic amines) is 1. The molecule has 13 heteroatoms. The topological polar surface area (TPSA) is 126 Å². The van der Waals surface area contributed by atoms with Crippen molar-refractivity contribution >= 4 is 57.5 Å². The van der Waals surface area contributed by atoms with Gasteiger partial charge in [0.2, 0.25) is 11.9 Å². The number of carbonyl (C=O) groups excluding carboxylic acids is 3. The first-order chi connectivity index (χ1) is 22.2. The Morgan fingerprint density at radius 2 is 1.70 bits per heavy atom. The van der Waals surface area contributed by atoms with Crippen LogP contribution in [0, 0.1) is 5.92 Å². The highest BCUT2D eigenvalue weighted by atomic mass is 32.1. The number of piperazine rings is 1. The number of benzene rings is 2. The number of ketones is 1. The number of hydrogen-bond acceptors (Lipinski definition) is 10. The van der Waals surface area contributed by atoms with Crippen LogP contribution in [0.4, 0.5) is 11.8 Å². The van der Waals surface area contributed by atoms with E-state index >= 15 is 0 Å². The molecule has 1 aromatic heterocycles. The number of thiocarbonyl (C=S) groups is 1. The van der Waals surface area contributed by atoms with Gasteiger partial charge in [-0.1, -0.05) is 37.3 Å². The van der Waals surface area contributed by atoms with Crippen molar-refractivity contribution in [2.24, 2.45) is 5.92 Å². The van der Waals surface area contributed by atoms with E-state index in [1.54, 1.807) is 38.2 Å². The highest BCUT2D eigenvalue weighted by molar-refractivity contribution is 7.80. The van der Waals surface area contributed by atoms with Gasteiger partial charge in [0.05, 0.1) is 24.7 Å². The second-order valence-electron chi connectivity index (χ2n) is 11.6. The van der Waals surface area contributed by atoms with Gasteiger partial charge in [-0.15, -0.1) is 0 Å². The molecule has 0 bridgehead atoms. The van der Waals surface area contributed by atoms with Crippen LogP contribution in [0.5, 0.6) is 17.2 Å². The Morgan fingerprint density at radius 1 is 1.00 bits per heavy atom. The normalized spacial score (nSPS) is 17.0. The van der Waals surface area contributed by atoms with Crippen molar-refractivity contribution in [3.05, 3.63) is 42.5 Å². The Bertz CT molecular complexity index is 1600. The number of amides is 2. The summed E-state index contributed by atoms with van der Waals surface area (Å²) in [6, 6.07) is 12.3. The predicted molar refractivity (Wildman–Crippen MR) is 179 cm³/mol. The molecule has 2 fully saturated rings. The van der Waals surface area contributed by atoms with E-state index in [2.05, 4.69) is 5.32 Å². The molecule has 0 radical (unpaired) electrons. The van der Waals surface area contributed by atoms with Crippen LogP contribution in [0.1, 0.15) is 33.1 Å². The summed E-state index contributed by atoms with van der Waals surface area (Å²) in [6.07, 6.45) is 1.78. The lowest BCUT2D eigenvalue weighted by Gasteiger charge is -2.35. The minimum atomic E-state index is -0.483. The minimum absolute atomic E-state index is 0.0382. The highest BCUT2D eigenvalue weighted by Crippen LogP contribution is 2.35. The van der Waals surface area contributed by atoms with Gasteiger partial charge >= 0.3 is 0 Å². The summed E-state index contributed by atoms with van der Waals surface area (Å²) in [4.78, 5) is 54.3. The lowest BCUT2D eigenvalue weighted by molar-refractivity contribution is -0.133. The van der Waals surface area contributed by atoms with Gasteiger partial charge in [-0.05, 0) is 38.0 Å². The molecule has 46 heavy (non-hydrogen) atoms. The van der Waals surface area contributed by atoms with E-state index in [0.29, 0.717) is 90.5 Å². The fraction of sp³-hybridized carbons (Fsp3) is 0.455. The summed E-state index contributed by atoms with van der Waals surface area (Å²) in [5, 5.41) is 3.65. The summed E-state index contributed by atoms with van der Waals surface area (Å²) in [5.74, 6) is 1.99. The van der Waals surface area contributed by atoms with Crippen molar-refractivity contribution in [3.63, 3.8) is 0 Å². The van der Waals surface area contributed by atoms with Crippen LogP contribution in [0.3, 0.4) is 0 Å². The van der Waals surface area contributed by atoms with E-state index in [1.165, 1.54) is 0 Å². The van der Waals surface area contributed by atoms with Crippen LogP contribution in [-0.4, -0.2) is 102 Å². The molecular weight excluding hydrogens is 608 g/mol. The van der Waals surface area contributed by atoms with E-state index in [0.717, 1.165) is 6.42 Å². The first-order valence-electron chi connectivity index (χ1n) is 15.4. The Labute approximate surface area is 274 Å². The second kappa shape index (κ2) is 14.7. The lowest BCUT2D eigenvalue weighted by atomic mass is 10.0. The van der Waals surface area contributed by atoms with Crippen molar-refractivity contribution in [3.8, 4) is 17.2 Å². The van der Waals surface area contributed by atoms with Gasteiger partial charge in [0, 0.05) is 56.5 Å². The summed E-state index contributed by atoms with van der Waals surface area (Å²) in [6.45, 7) is 6.03. The number of rotatable bonds is 11. The predicted octanol–water partition coefficient (Wildman–Crippen LogP) is 3.72. The molecule has 1 N–H and O–H groups in total. The van der Waals surface area contributed by atoms with Crippen LogP contribution in [0.2, 0.25) is 0 Å². The fourth-order valence-electron chi connectivity index (χ4n) is 5.89. The van der Waals surface area contributed by atoms with Gasteiger partial charge in [0.1, 0.15) is 23.4 Å². The number of ether oxygens (including phenoxy) is 3. The first-order valence-corrected chi connectivity index (χ1v) is 15.8. The highest BCUT2D eigenvalue weighted by Gasteiger charge is 2.35. The standard InChI is InChI=1S/C33H40N6O6S/c1-21(17-22(2)40)32(46)39-12-8-11-26(39)31(42)35-30-24-18-27(43-3)28(44-4)19-25(24)34-33(36-30)38-15-13-37(14-16-38)29(41)20-45-23-9-6-5-7-10-23/h5-7,9-10,18-19,21,26H,8,11-17,20H2,1-4H3,(H,34,35,36,42)/t21?,26-/m1/s1. The zero-order valence-electron chi connectivity index (χ0n) is 26.7. The third-order valence-electron chi connectivity index (χ3n) is 8.31. The molecule has 5 rings (SSSR count). The molecule has 3 heterocycles. The maximum Gasteiger partial charge on any atom is 0.260 e. The Kier molecular flexibility index (Phi) is 10.5. The SMILES string of the molecule is COc1cc2nc(N3CCN(C(=O)COc4ccccc4)CC3)nc(NC(=O)[C@H]3CCCN3C(=S)C(C)CC(C)=O)c2cc1OC. The molecule has 2 aliphatic rings. The van der Waals surface area contributed by atoms with Crippen LogP contribution in [0.15, 0.2) is 42.5 Å². The number of aromatic nitrogens is 2. The molecule has 0 spiro atoms. The average molecular weight is 649 g/mol. The molecule has 0 saturated carbocycles. The van der Waals surface area contributed by atoms with E-state index in [9.17, 15) is 14.4 Å². The largest absolute Gasteiger partial charge is 0.493 e. The van der Waals surface area contributed by atoms with E-state index in [1.807, 2.05) is 47.1 Å². The Hall–Kier alpha value is -4.52.